The van der Waals surface area contributed by atoms with Crippen LogP contribution in [0.1, 0.15) is 47.5 Å². The van der Waals surface area contributed by atoms with Gasteiger partial charge >= 0.3 is 0 Å². The zero-order valence-electron chi connectivity index (χ0n) is 13.8. The van der Waals surface area contributed by atoms with Crippen LogP contribution in [0, 0.1) is 11.3 Å². The predicted octanol–water partition coefficient (Wildman–Crippen LogP) is 2.41. The number of hydrogen-bond acceptors (Lipinski definition) is 3. The van der Waals surface area contributed by atoms with Crippen LogP contribution in [0.2, 0.25) is 0 Å². The summed E-state index contributed by atoms with van der Waals surface area (Å²) in [6, 6.07) is 0.767. The fourth-order valence-electron chi connectivity index (χ4n) is 3.47. The molecule has 0 amide bonds. The van der Waals surface area contributed by atoms with Crippen LogP contribution in [0.5, 0.6) is 0 Å². The van der Waals surface area contributed by atoms with Gasteiger partial charge in [-0.15, -0.1) is 0 Å². The van der Waals surface area contributed by atoms with Gasteiger partial charge in [-0.25, -0.2) is 0 Å². The molecule has 1 saturated heterocycles. The maximum absolute atomic E-state index is 5.97. The molecule has 0 radical (unpaired) electrons. The molecule has 0 aromatic carbocycles. The highest BCUT2D eigenvalue weighted by Gasteiger charge is 2.28. The summed E-state index contributed by atoms with van der Waals surface area (Å²) < 4.78 is 0. The molecular formula is C16H35N3. The van der Waals surface area contributed by atoms with E-state index in [4.69, 9.17) is 5.73 Å². The second-order valence-corrected chi connectivity index (χ2v) is 7.29. The van der Waals surface area contributed by atoms with Crippen molar-refractivity contribution < 1.29 is 0 Å². The van der Waals surface area contributed by atoms with Gasteiger partial charge in [0.2, 0.25) is 0 Å². The highest BCUT2D eigenvalue weighted by molar-refractivity contribution is 4.84. The lowest BCUT2D eigenvalue weighted by atomic mass is 9.84. The van der Waals surface area contributed by atoms with Gasteiger partial charge in [-0.1, -0.05) is 34.6 Å². The molecule has 1 rings (SSSR count). The van der Waals surface area contributed by atoms with E-state index in [1.165, 1.54) is 45.6 Å². The SMILES string of the molecule is CCN(CC)C1CCN(CC(CN)CC(C)(C)C)C1. The van der Waals surface area contributed by atoms with Gasteiger partial charge in [-0.2, -0.15) is 0 Å². The molecule has 0 spiro atoms. The van der Waals surface area contributed by atoms with Crippen LogP contribution in [0.4, 0.5) is 0 Å². The number of hydrogen-bond donors (Lipinski definition) is 1. The van der Waals surface area contributed by atoms with Crippen molar-refractivity contribution in [1.29, 1.82) is 0 Å². The van der Waals surface area contributed by atoms with E-state index >= 15 is 0 Å². The molecule has 1 fully saturated rings. The van der Waals surface area contributed by atoms with Crippen molar-refractivity contribution in [3.8, 4) is 0 Å². The predicted molar refractivity (Wildman–Crippen MR) is 84.4 cm³/mol. The molecule has 2 atom stereocenters. The number of nitrogens with zero attached hydrogens (tertiary/aromatic N) is 2. The lowest BCUT2D eigenvalue weighted by Crippen LogP contribution is -2.39. The van der Waals surface area contributed by atoms with E-state index in [-0.39, 0.29) is 0 Å². The van der Waals surface area contributed by atoms with Crippen molar-refractivity contribution in [3.63, 3.8) is 0 Å². The summed E-state index contributed by atoms with van der Waals surface area (Å²) >= 11 is 0. The first kappa shape index (κ1) is 16.9. The minimum Gasteiger partial charge on any atom is -0.330 e. The summed E-state index contributed by atoms with van der Waals surface area (Å²) in [5.41, 5.74) is 6.36. The Morgan fingerprint density at radius 2 is 1.89 bits per heavy atom. The summed E-state index contributed by atoms with van der Waals surface area (Å²) in [5.74, 6) is 0.649. The zero-order valence-corrected chi connectivity index (χ0v) is 13.8. The number of likely N-dealkylation sites (N-methyl/N-ethyl adjacent to an activating group) is 1. The Morgan fingerprint density at radius 3 is 2.37 bits per heavy atom. The first-order valence-corrected chi connectivity index (χ1v) is 8.06. The van der Waals surface area contributed by atoms with Gasteiger partial charge in [0.1, 0.15) is 0 Å². The van der Waals surface area contributed by atoms with E-state index in [0.717, 1.165) is 12.6 Å². The quantitative estimate of drug-likeness (QED) is 0.770. The van der Waals surface area contributed by atoms with E-state index in [0.29, 0.717) is 11.3 Å². The Balaban J connectivity index is 2.41. The molecule has 0 aromatic heterocycles. The maximum Gasteiger partial charge on any atom is 0.0235 e. The van der Waals surface area contributed by atoms with Gasteiger partial charge in [0, 0.05) is 19.1 Å². The third-order valence-corrected chi connectivity index (χ3v) is 4.33. The first-order chi connectivity index (χ1) is 8.89. The van der Waals surface area contributed by atoms with Gasteiger partial charge in [-0.3, -0.25) is 4.90 Å². The second-order valence-electron chi connectivity index (χ2n) is 7.29. The van der Waals surface area contributed by atoms with Crippen LogP contribution >= 0.6 is 0 Å². The Hall–Kier alpha value is -0.120. The van der Waals surface area contributed by atoms with Crippen molar-refractivity contribution >= 4 is 0 Å². The molecule has 0 saturated carbocycles. The fourth-order valence-corrected chi connectivity index (χ4v) is 3.47. The number of likely N-dealkylation sites (tertiary alicyclic amines) is 1. The number of rotatable bonds is 7. The van der Waals surface area contributed by atoms with E-state index in [2.05, 4.69) is 44.4 Å². The minimum absolute atomic E-state index is 0.391. The third kappa shape index (κ3) is 5.80. The minimum atomic E-state index is 0.391. The van der Waals surface area contributed by atoms with Crippen LogP contribution in [-0.4, -0.2) is 55.1 Å². The summed E-state index contributed by atoms with van der Waals surface area (Å²) in [5, 5.41) is 0. The van der Waals surface area contributed by atoms with E-state index < -0.39 is 0 Å². The molecule has 0 bridgehead atoms. The molecule has 114 valence electrons. The second kappa shape index (κ2) is 7.61. The maximum atomic E-state index is 5.97. The van der Waals surface area contributed by atoms with Crippen LogP contribution in [0.15, 0.2) is 0 Å². The van der Waals surface area contributed by atoms with E-state index in [1.54, 1.807) is 0 Å². The van der Waals surface area contributed by atoms with Crippen molar-refractivity contribution in [2.24, 2.45) is 17.1 Å². The molecule has 0 aromatic rings. The summed E-state index contributed by atoms with van der Waals surface area (Å²) in [4.78, 5) is 5.23. The molecular weight excluding hydrogens is 234 g/mol. The lowest BCUT2D eigenvalue weighted by Gasteiger charge is -2.30. The Morgan fingerprint density at radius 1 is 1.26 bits per heavy atom. The van der Waals surface area contributed by atoms with Crippen LogP contribution in [0.25, 0.3) is 0 Å². The average molecular weight is 269 g/mol. The molecule has 0 aliphatic carbocycles. The average Bonchev–Trinajstić information content (AvgIpc) is 2.76. The fraction of sp³-hybridized carbons (Fsp3) is 1.00. The van der Waals surface area contributed by atoms with Gasteiger partial charge in [0.25, 0.3) is 0 Å². The molecule has 3 heteroatoms. The molecule has 1 aliphatic rings. The lowest BCUT2D eigenvalue weighted by molar-refractivity contribution is 0.188. The molecule has 2 N–H and O–H groups in total. The van der Waals surface area contributed by atoms with Crippen molar-refractivity contribution in [2.75, 3.05) is 39.3 Å². The zero-order chi connectivity index (χ0) is 14.5. The highest BCUT2D eigenvalue weighted by Crippen LogP contribution is 2.26. The number of nitrogens with two attached hydrogens (primary N) is 1. The normalized spacial score (nSPS) is 23.2. The largest absolute Gasteiger partial charge is 0.330 e. The highest BCUT2D eigenvalue weighted by atomic mass is 15.2. The molecule has 1 heterocycles. The Labute approximate surface area is 120 Å². The van der Waals surface area contributed by atoms with Gasteiger partial charge in [-0.05, 0) is 50.4 Å². The van der Waals surface area contributed by atoms with Gasteiger partial charge in [0.15, 0.2) is 0 Å². The molecule has 2 unspecified atom stereocenters. The summed E-state index contributed by atoms with van der Waals surface area (Å²) in [6.45, 7) is 18.4. The third-order valence-electron chi connectivity index (χ3n) is 4.33. The van der Waals surface area contributed by atoms with Gasteiger partial charge in [0.05, 0.1) is 0 Å². The molecule has 19 heavy (non-hydrogen) atoms. The summed E-state index contributed by atoms with van der Waals surface area (Å²) in [7, 11) is 0. The first-order valence-electron chi connectivity index (χ1n) is 8.06. The smallest absolute Gasteiger partial charge is 0.0235 e. The van der Waals surface area contributed by atoms with Crippen molar-refractivity contribution in [1.82, 2.24) is 9.80 Å². The van der Waals surface area contributed by atoms with Crippen molar-refractivity contribution in [3.05, 3.63) is 0 Å². The molecule has 1 aliphatic heterocycles. The standard InChI is InChI=1S/C16H35N3/c1-6-19(7-2)15-8-9-18(13-15)12-14(11-17)10-16(3,4)5/h14-15H,6-13,17H2,1-5H3. The van der Waals surface area contributed by atoms with Crippen LogP contribution in [-0.2, 0) is 0 Å². The van der Waals surface area contributed by atoms with Gasteiger partial charge < -0.3 is 10.6 Å². The Bertz CT molecular complexity index is 243. The van der Waals surface area contributed by atoms with Crippen LogP contribution in [0.3, 0.4) is 0 Å². The Kier molecular flexibility index (Phi) is 6.78. The summed E-state index contributed by atoms with van der Waals surface area (Å²) in [6.07, 6.45) is 2.56. The topological polar surface area (TPSA) is 32.5 Å². The van der Waals surface area contributed by atoms with Crippen molar-refractivity contribution in [2.45, 2.75) is 53.5 Å². The monoisotopic (exact) mass is 269 g/mol. The molecule has 3 nitrogen and oxygen atoms in total. The van der Waals surface area contributed by atoms with Crippen LogP contribution < -0.4 is 5.73 Å². The van der Waals surface area contributed by atoms with E-state index in [1.807, 2.05) is 0 Å². The van der Waals surface area contributed by atoms with E-state index in [9.17, 15) is 0 Å².